The number of hydrogen-bond acceptors (Lipinski definition) is 6. The third-order valence-electron chi connectivity index (χ3n) is 4.39. The van der Waals surface area contributed by atoms with Gasteiger partial charge in [0.2, 0.25) is 0 Å². The van der Waals surface area contributed by atoms with Gasteiger partial charge in [-0.15, -0.1) is 0 Å². The minimum atomic E-state index is -0.955. The molecule has 9 nitrogen and oxygen atoms in total. The zero-order valence-corrected chi connectivity index (χ0v) is 18.0. The Hall–Kier alpha value is -3.36. The Morgan fingerprint density at radius 2 is 1.73 bits per heavy atom. The van der Waals surface area contributed by atoms with Gasteiger partial charge >= 0.3 is 17.8 Å². The molecule has 0 fully saturated rings. The van der Waals surface area contributed by atoms with Gasteiger partial charge in [0.15, 0.2) is 0 Å². The van der Waals surface area contributed by atoms with Crippen LogP contribution >= 0.6 is 0 Å². The minimum absolute atomic E-state index is 0.143. The molecule has 1 heterocycles. The lowest BCUT2D eigenvalue weighted by atomic mass is 10.1. The first kappa shape index (κ1) is 22.9. The minimum Gasteiger partial charge on any atom is -0.467 e. The predicted octanol–water partition coefficient (Wildman–Crippen LogP) is 1.75. The van der Waals surface area contributed by atoms with Crippen molar-refractivity contribution in [1.82, 2.24) is 14.9 Å². The van der Waals surface area contributed by atoms with Gasteiger partial charge in [-0.1, -0.05) is 12.1 Å². The van der Waals surface area contributed by atoms with Gasteiger partial charge in [-0.2, -0.15) is 0 Å². The molecule has 162 valence electrons. The van der Waals surface area contributed by atoms with Crippen LogP contribution in [0.4, 0.5) is 4.79 Å². The monoisotopic (exact) mass is 417 g/mol. The summed E-state index contributed by atoms with van der Waals surface area (Å²) in [5.74, 6) is -0.619. The van der Waals surface area contributed by atoms with Crippen molar-refractivity contribution in [1.29, 1.82) is 0 Å². The molecule has 0 bridgehead atoms. The van der Waals surface area contributed by atoms with Crippen LogP contribution in [-0.4, -0.2) is 40.4 Å². The van der Waals surface area contributed by atoms with Crippen molar-refractivity contribution in [3.8, 4) is 5.69 Å². The van der Waals surface area contributed by atoms with E-state index in [2.05, 4.69) is 10.3 Å². The van der Waals surface area contributed by atoms with E-state index < -0.39 is 35.0 Å². The van der Waals surface area contributed by atoms with Crippen LogP contribution < -0.4 is 16.6 Å². The van der Waals surface area contributed by atoms with Gasteiger partial charge in [0, 0.05) is 17.7 Å². The summed E-state index contributed by atoms with van der Waals surface area (Å²) in [7, 11) is 1.23. The number of amides is 1. The summed E-state index contributed by atoms with van der Waals surface area (Å²) >= 11 is 0. The van der Waals surface area contributed by atoms with E-state index in [-0.39, 0.29) is 6.42 Å². The van der Waals surface area contributed by atoms with Crippen LogP contribution in [0.15, 0.2) is 33.9 Å². The van der Waals surface area contributed by atoms with Gasteiger partial charge < -0.3 is 19.8 Å². The van der Waals surface area contributed by atoms with E-state index in [0.29, 0.717) is 22.5 Å². The van der Waals surface area contributed by atoms with Crippen molar-refractivity contribution < 1.29 is 19.1 Å². The van der Waals surface area contributed by atoms with E-state index in [1.807, 2.05) is 0 Å². The van der Waals surface area contributed by atoms with E-state index in [1.165, 1.54) is 7.11 Å². The second-order valence-electron chi connectivity index (χ2n) is 7.91. The van der Waals surface area contributed by atoms with E-state index in [1.54, 1.807) is 58.9 Å². The summed E-state index contributed by atoms with van der Waals surface area (Å²) in [6.07, 6.45) is -0.590. The molecular weight excluding hydrogens is 390 g/mol. The molecule has 2 aromatic rings. The van der Waals surface area contributed by atoms with Crippen LogP contribution in [0.1, 0.15) is 37.6 Å². The van der Waals surface area contributed by atoms with Crippen LogP contribution in [-0.2, 0) is 20.7 Å². The van der Waals surface area contributed by atoms with Gasteiger partial charge in [-0.3, -0.25) is 4.79 Å². The number of hydrogen-bond donors (Lipinski definition) is 2. The SMILES string of the molecule is COC(=O)[C@H](Cc1ccc(-n2c(=O)[nH]c(C)c(C)c2=O)cc1)NC(=O)OC(C)(C)C. The fraction of sp³-hybridized carbons (Fsp3) is 0.429. The normalized spacial score (nSPS) is 12.2. The highest BCUT2D eigenvalue weighted by Gasteiger charge is 2.25. The van der Waals surface area contributed by atoms with E-state index >= 15 is 0 Å². The summed E-state index contributed by atoms with van der Waals surface area (Å²) in [6, 6.07) is 5.58. The number of carbonyl (C=O) groups is 2. The molecule has 0 aliphatic carbocycles. The molecular formula is C21H27N3O6. The Kier molecular flexibility index (Phi) is 6.86. The molecule has 0 aliphatic rings. The molecule has 0 spiro atoms. The number of ether oxygens (including phenoxy) is 2. The lowest BCUT2D eigenvalue weighted by Crippen LogP contribution is -2.45. The zero-order valence-electron chi connectivity index (χ0n) is 18.0. The number of esters is 1. The number of carbonyl (C=O) groups excluding carboxylic acids is 2. The molecule has 9 heteroatoms. The second-order valence-corrected chi connectivity index (χ2v) is 7.91. The number of aromatic nitrogens is 2. The average Bonchev–Trinajstić information content (AvgIpc) is 2.65. The van der Waals surface area contributed by atoms with Crippen molar-refractivity contribution in [3.05, 3.63) is 61.9 Å². The molecule has 0 radical (unpaired) electrons. The Morgan fingerprint density at radius 3 is 2.27 bits per heavy atom. The summed E-state index contributed by atoms with van der Waals surface area (Å²) in [5.41, 5.74) is 0.413. The number of alkyl carbamates (subject to hydrolysis) is 1. The predicted molar refractivity (Wildman–Crippen MR) is 111 cm³/mol. The molecule has 1 aromatic carbocycles. The number of benzene rings is 1. The van der Waals surface area contributed by atoms with Gasteiger partial charge in [0.25, 0.3) is 5.56 Å². The summed E-state index contributed by atoms with van der Waals surface area (Å²) in [6.45, 7) is 8.45. The van der Waals surface area contributed by atoms with Crippen LogP contribution in [0.3, 0.4) is 0 Å². The smallest absolute Gasteiger partial charge is 0.408 e. The molecule has 1 aromatic heterocycles. The molecule has 0 unspecified atom stereocenters. The van der Waals surface area contributed by atoms with Crippen molar-refractivity contribution >= 4 is 12.1 Å². The molecule has 2 N–H and O–H groups in total. The van der Waals surface area contributed by atoms with E-state index in [9.17, 15) is 19.2 Å². The lowest BCUT2D eigenvalue weighted by Gasteiger charge is -2.22. The van der Waals surface area contributed by atoms with Crippen LogP contribution in [0.5, 0.6) is 0 Å². The lowest BCUT2D eigenvalue weighted by molar-refractivity contribution is -0.143. The Morgan fingerprint density at radius 1 is 1.13 bits per heavy atom. The molecule has 30 heavy (non-hydrogen) atoms. The number of rotatable bonds is 5. The number of nitrogens with zero attached hydrogens (tertiary/aromatic N) is 1. The fourth-order valence-electron chi connectivity index (χ4n) is 2.77. The third kappa shape index (κ3) is 5.59. The van der Waals surface area contributed by atoms with Gasteiger partial charge in [0.1, 0.15) is 11.6 Å². The Bertz CT molecular complexity index is 1040. The topological polar surface area (TPSA) is 119 Å². The first-order valence-corrected chi connectivity index (χ1v) is 9.42. The third-order valence-corrected chi connectivity index (χ3v) is 4.39. The number of nitrogens with one attached hydrogen (secondary N) is 2. The highest BCUT2D eigenvalue weighted by atomic mass is 16.6. The largest absolute Gasteiger partial charge is 0.467 e. The van der Waals surface area contributed by atoms with Crippen molar-refractivity contribution in [3.63, 3.8) is 0 Å². The van der Waals surface area contributed by atoms with E-state index in [0.717, 1.165) is 4.57 Å². The van der Waals surface area contributed by atoms with Gasteiger partial charge in [0.05, 0.1) is 12.8 Å². The molecule has 1 amide bonds. The molecule has 0 aliphatic heterocycles. The zero-order chi connectivity index (χ0) is 22.6. The van der Waals surface area contributed by atoms with Crippen LogP contribution in [0.2, 0.25) is 0 Å². The van der Waals surface area contributed by atoms with Crippen molar-refractivity contribution in [2.75, 3.05) is 7.11 Å². The average molecular weight is 417 g/mol. The summed E-state index contributed by atoms with van der Waals surface area (Å²) in [5, 5.41) is 2.51. The first-order valence-electron chi connectivity index (χ1n) is 9.42. The van der Waals surface area contributed by atoms with Crippen molar-refractivity contribution in [2.24, 2.45) is 0 Å². The standard InChI is InChI=1S/C21H27N3O6/c1-12-13(2)22-19(27)24(17(12)25)15-9-7-14(8-10-15)11-16(18(26)29-6)23-20(28)30-21(3,4)5/h7-10,16H,11H2,1-6H3,(H,22,27)(H,23,28)/t16-/m0/s1. The number of aryl methyl sites for hydroxylation is 1. The summed E-state index contributed by atoms with van der Waals surface area (Å²) < 4.78 is 11.0. The first-order chi connectivity index (χ1) is 13.9. The number of methoxy groups -OCH3 is 1. The number of H-pyrrole nitrogens is 1. The quantitative estimate of drug-likeness (QED) is 0.716. The van der Waals surface area contributed by atoms with Crippen LogP contribution in [0, 0.1) is 13.8 Å². The van der Waals surface area contributed by atoms with Gasteiger partial charge in [-0.05, 0) is 52.3 Å². The maximum absolute atomic E-state index is 12.5. The molecule has 0 saturated heterocycles. The molecule has 1 atom stereocenters. The van der Waals surface area contributed by atoms with Crippen molar-refractivity contribution in [2.45, 2.75) is 52.7 Å². The van der Waals surface area contributed by atoms with E-state index in [4.69, 9.17) is 9.47 Å². The second kappa shape index (κ2) is 8.98. The Balaban J connectivity index is 2.25. The maximum atomic E-state index is 12.5. The Labute approximate surface area is 174 Å². The highest BCUT2D eigenvalue weighted by molar-refractivity contribution is 5.81. The maximum Gasteiger partial charge on any atom is 0.408 e. The van der Waals surface area contributed by atoms with Crippen LogP contribution in [0.25, 0.3) is 5.69 Å². The summed E-state index contributed by atoms with van der Waals surface area (Å²) in [4.78, 5) is 51.4. The highest BCUT2D eigenvalue weighted by Crippen LogP contribution is 2.12. The fourth-order valence-corrected chi connectivity index (χ4v) is 2.77. The number of aromatic amines is 1. The van der Waals surface area contributed by atoms with Gasteiger partial charge in [-0.25, -0.2) is 19.0 Å². The molecule has 0 saturated carbocycles. The molecule has 2 rings (SSSR count).